The topological polar surface area (TPSA) is 82.7 Å². The normalized spacial score (nSPS) is 11.0. The van der Waals surface area contributed by atoms with Crippen molar-refractivity contribution in [3.05, 3.63) is 53.1 Å². The van der Waals surface area contributed by atoms with Gasteiger partial charge in [0.25, 0.3) is 12.3 Å². The lowest BCUT2D eigenvalue weighted by molar-refractivity contribution is 0.0962. The standard InChI is InChI=1S/C14H10ClF2N5O/c15-11-9(2-1-5-18-11)21-22-14(23)7-3-4-8-10(6-7)20-13(19-8)12(16)17/h1-6,12,21H,(H,19,20)(H,22,23). The Bertz CT molecular complexity index is 867. The van der Waals surface area contributed by atoms with Gasteiger partial charge in [0.05, 0.1) is 16.7 Å². The number of amides is 1. The molecule has 0 saturated heterocycles. The number of fused-ring (bicyclic) bond motifs is 1. The van der Waals surface area contributed by atoms with Crippen molar-refractivity contribution in [3.63, 3.8) is 0 Å². The predicted molar refractivity (Wildman–Crippen MR) is 81.4 cm³/mol. The van der Waals surface area contributed by atoms with E-state index in [1.165, 1.54) is 24.4 Å². The number of carbonyl (C=O) groups excluding carboxylic acids is 1. The number of alkyl halides is 2. The summed E-state index contributed by atoms with van der Waals surface area (Å²) < 4.78 is 25.2. The molecule has 3 N–H and O–H groups in total. The number of halogens is 3. The first-order valence-corrected chi connectivity index (χ1v) is 6.87. The molecule has 6 nitrogen and oxygen atoms in total. The number of rotatable bonds is 4. The Morgan fingerprint density at radius 2 is 2.13 bits per heavy atom. The summed E-state index contributed by atoms with van der Waals surface area (Å²) in [6, 6.07) is 7.71. The van der Waals surface area contributed by atoms with Crippen LogP contribution in [-0.4, -0.2) is 20.9 Å². The molecule has 1 aromatic carbocycles. The maximum atomic E-state index is 12.6. The van der Waals surface area contributed by atoms with Crippen LogP contribution in [0.3, 0.4) is 0 Å². The number of benzene rings is 1. The Labute approximate surface area is 133 Å². The number of hydrogen-bond donors (Lipinski definition) is 3. The van der Waals surface area contributed by atoms with Gasteiger partial charge >= 0.3 is 0 Å². The highest BCUT2D eigenvalue weighted by Gasteiger charge is 2.14. The fraction of sp³-hybridized carbons (Fsp3) is 0.0714. The molecule has 2 aromatic heterocycles. The molecule has 0 unspecified atom stereocenters. The number of imidazole rings is 1. The number of hydrogen-bond acceptors (Lipinski definition) is 4. The number of anilines is 1. The van der Waals surface area contributed by atoms with Gasteiger partial charge in [-0.15, -0.1) is 0 Å². The lowest BCUT2D eigenvalue weighted by Crippen LogP contribution is -2.29. The van der Waals surface area contributed by atoms with Crippen LogP contribution in [0.5, 0.6) is 0 Å². The molecule has 118 valence electrons. The molecule has 9 heteroatoms. The van der Waals surface area contributed by atoms with E-state index >= 15 is 0 Å². The number of hydrazine groups is 1. The largest absolute Gasteiger partial charge is 0.337 e. The Morgan fingerprint density at radius 3 is 2.87 bits per heavy atom. The summed E-state index contributed by atoms with van der Waals surface area (Å²) in [5, 5.41) is 0.207. The molecule has 0 aliphatic rings. The van der Waals surface area contributed by atoms with Crippen LogP contribution in [0.4, 0.5) is 14.5 Å². The van der Waals surface area contributed by atoms with Crippen LogP contribution in [0.15, 0.2) is 36.5 Å². The number of nitrogens with zero attached hydrogens (tertiary/aromatic N) is 2. The highest BCUT2D eigenvalue weighted by atomic mass is 35.5. The summed E-state index contributed by atoms with van der Waals surface area (Å²) in [4.78, 5) is 22.2. The third-order valence-electron chi connectivity index (χ3n) is 3.04. The van der Waals surface area contributed by atoms with Crippen LogP contribution in [0, 0.1) is 0 Å². The fourth-order valence-electron chi connectivity index (χ4n) is 1.95. The number of nitrogens with one attached hydrogen (secondary N) is 3. The van der Waals surface area contributed by atoms with E-state index in [1.807, 2.05) is 0 Å². The molecule has 3 rings (SSSR count). The summed E-state index contributed by atoms with van der Waals surface area (Å²) in [6.45, 7) is 0. The van der Waals surface area contributed by atoms with E-state index < -0.39 is 18.2 Å². The van der Waals surface area contributed by atoms with Crippen LogP contribution < -0.4 is 10.9 Å². The third-order valence-corrected chi connectivity index (χ3v) is 3.34. The van der Waals surface area contributed by atoms with E-state index in [0.29, 0.717) is 16.7 Å². The SMILES string of the molecule is O=C(NNc1cccnc1Cl)c1ccc2nc(C(F)F)[nH]c2c1. The van der Waals surface area contributed by atoms with E-state index in [-0.39, 0.29) is 10.7 Å². The van der Waals surface area contributed by atoms with Gasteiger partial charge in [0.2, 0.25) is 0 Å². The first-order valence-electron chi connectivity index (χ1n) is 6.49. The van der Waals surface area contributed by atoms with Crippen LogP contribution in [0.25, 0.3) is 11.0 Å². The number of pyridine rings is 1. The molecule has 0 fully saturated rings. The Morgan fingerprint density at radius 1 is 1.30 bits per heavy atom. The molecule has 0 aliphatic heterocycles. The van der Waals surface area contributed by atoms with Crippen molar-refractivity contribution in [2.75, 3.05) is 5.43 Å². The first-order chi connectivity index (χ1) is 11.0. The minimum Gasteiger partial charge on any atom is -0.337 e. The van der Waals surface area contributed by atoms with E-state index in [4.69, 9.17) is 11.6 Å². The van der Waals surface area contributed by atoms with Crippen LogP contribution in [0.1, 0.15) is 22.6 Å². The molecule has 0 spiro atoms. The quantitative estimate of drug-likeness (QED) is 0.504. The molecule has 2 heterocycles. The number of carbonyl (C=O) groups is 1. The highest BCUT2D eigenvalue weighted by Crippen LogP contribution is 2.21. The molecule has 3 aromatic rings. The van der Waals surface area contributed by atoms with Gasteiger partial charge in [0.15, 0.2) is 11.0 Å². The van der Waals surface area contributed by atoms with E-state index in [0.717, 1.165) is 0 Å². The van der Waals surface area contributed by atoms with Crippen molar-refractivity contribution in [1.29, 1.82) is 0 Å². The van der Waals surface area contributed by atoms with Gasteiger partial charge in [0, 0.05) is 11.8 Å². The van der Waals surface area contributed by atoms with Gasteiger partial charge in [-0.25, -0.2) is 18.7 Å². The smallest absolute Gasteiger partial charge is 0.295 e. The maximum absolute atomic E-state index is 12.6. The second kappa shape index (κ2) is 6.17. The second-order valence-corrected chi connectivity index (χ2v) is 4.93. The Kier molecular flexibility index (Phi) is 4.07. The molecule has 0 aliphatic carbocycles. The summed E-state index contributed by atoms with van der Waals surface area (Å²) in [5.74, 6) is -0.891. The average Bonchev–Trinajstić information content (AvgIpc) is 2.97. The lowest BCUT2D eigenvalue weighted by atomic mass is 10.2. The van der Waals surface area contributed by atoms with Gasteiger partial charge < -0.3 is 4.98 Å². The number of H-pyrrole nitrogens is 1. The second-order valence-electron chi connectivity index (χ2n) is 4.58. The summed E-state index contributed by atoms with van der Waals surface area (Å²) in [6.07, 6.45) is -1.18. The molecule has 1 amide bonds. The van der Waals surface area contributed by atoms with Crippen molar-refractivity contribution in [1.82, 2.24) is 20.4 Å². The monoisotopic (exact) mass is 337 g/mol. The van der Waals surface area contributed by atoms with E-state index in [1.54, 1.807) is 12.1 Å². The summed E-state index contributed by atoms with van der Waals surface area (Å²) in [5.41, 5.74) is 6.52. The zero-order valence-corrected chi connectivity index (χ0v) is 12.2. The molecule has 0 radical (unpaired) electrons. The first kappa shape index (κ1) is 15.2. The lowest BCUT2D eigenvalue weighted by Gasteiger charge is -2.09. The molecule has 0 saturated carbocycles. The summed E-state index contributed by atoms with van der Waals surface area (Å²) >= 11 is 5.86. The molecule has 23 heavy (non-hydrogen) atoms. The van der Waals surface area contributed by atoms with Gasteiger partial charge in [-0.3, -0.25) is 15.6 Å². The van der Waals surface area contributed by atoms with Gasteiger partial charge in [0.1, 0.15) is 0 Å². The molecular weight excluding hydrogens is 328 g/mol. The maximum Gasteiger partial charge on any atom is 0.295 e. The fourth-order valence-corrected chi connectivity index (χ4v) is 2.12. The minimum absolute atomic E-state index is 0.207. The van der Waals surface area contributed by atoms with E-state index in [9.17, 15) is 13.6 Å². The van der Waals surface area contributed by atoms with Crippen molar-refractivity contribution in [2.45, 2.75) is 6.43 Å². The average molecular weight is 338 g/mol. The zero-order valence-electron chi connectivity index (χ0n) is 11.5. The number of aromatic nitrogens is 3. The highest BCUT2D eigenvalue weighted by molar-refractivity contribution is 6.31. The minimum atomic E-state index is -2.70. The Balaban J connectivity index is 1.77. The van der Waals surface area contributed by atoms with Gasteiger partial charge in [-0.05, 0) is 30.3 Å². The molecule has 0 atom stereocenters. The van der Waals surface area contributed by atoms with Crippen molar-refractivity contribution >= 4 is 34.2 Å². The Hall–Kier alpha value is -2.74. The van der Waals surface area contributed by atoms with Crippen molar-refractivity contribution in [2.24, 2.45) is 0 Å². The van der Waals surface area contributed by atoms with Crippen molar-refractivity contribution in [3.8, 4) is 0 Å². The molecule has 0 bridgehead atoms. The van der Waals surface area contributed by atoms with Gasteiger partial charge in [-0.2, -0.15) is 0 Å². The van der Waals surface area contributed by atoms with Crippen LogP contribution in [0.2, 0.25) is 5.15 Å². The van der Waals surface area contributed by atoms with E-state index in [2.05, 4.69) is 25.8 Å². The number of aromatic amines is 1. The molecular formula is C14H10ClF2N5O. The van der Waals surface area contributed by atoms with Gasteiger partial charge in [-0.1, -0.05) is 11.6 Å². The van der Waals surface area contributed by atoms with Crippen LogP contribution >= 0.6 is 11.6 Å². The summed E-state index contributed by atoms with van der Waals surface area (Å²) in [7, 11) is 0. The van der Waals surface area contributed by atoms with Crippen molar-refractivity contribution < 1.29 is 13.6 Å². The third kappa shape index (κ3) is 3.21. The zero-order chi connectivity index (χ0) is 16.4. The predicted octanol–water partition coefficient (Wildman–Crippen LogP) is 3.31. The van der Waals surface area contributed by atoms with Crippen LogP contribution in [-0.2, 0) is 0 Å².